The summed E-state index contributed by atoms with van der Waals surface area (Å²) in [7, 11) is 0. The molecular formula is C18H13Cl2N2O3-. The predicted molar refractivity (Wildman–Crippen MR) is 96.1 cm³/mol. The fourth-order valence-corrected chi connectivity index (χ4v) is 3.15. The lowest BCUT2D eigenvalue weighted by Gasteiger charge is -2.21. The second-order valence-electron chi connectivity index (χ2n) is 5.54. The average molecular weight is 376 g/mol. The van der Waals surface area contributed by atoms with Crippen LogP contribution in [0.15, 0.2) is 52.1 Å². The van der Waals surface area contributed by atoms with Crippen molar-refractivity contribution in [3.05, 3.63) is 90.0 Å². The molecule has 0 fully saturated rings. The van der Waals surface area contributed by atoms with Crippen molar-refractivity contribution in [2.24, 2.45) is 0 Å². The number of rotatable bonds is 3. The molecule has 3 rings (SSSR count). The molecule has 0 saturated carbocycles. The van der Waals surface area contributed by atoms with Crippen molar-refractivity contribution in [3.8, 4) is 11.6 Å². The maximum absolute atomic E-state index is 12.8. The van der Waals surface area contributed by atoms with Gasteiger partial charge in [-0.05, 0) is 42.1 Å². The first-order valence-corrected chi connectivity index (χ1v) is 8.20. The number of hydrogen-bond acceptors (Lipinski definition) is 3. The molecular weight excluding hydrogens is 363 g/mol. The Labute approximate surface area is 153 Å². The van der Waals surface area contributed by atoms with Crippen molar-refractivity contribution < 1.29 is 5.11 Å². The number of aromatic amines is 1. The monoisotopic (exact) mass is 375 g/mol. The third-order valence-corrected chi connectivity index (χ3v) is 4.64. The standard InChI is InChI=1S/C18H14Cl2N2O3/c1-10-5-2-3-8-15(10)22-17(24)12(16(23)21-18(22)25)9-11-13(19)6-4-7-14(11)20/h2-8,24H,9H2,1H3,(H,21,23,25)/p-1. The van der Waals surface area contributed by atoms with Crippen LogP contribution in [0.2, 0.25) is 10.0 Å². The van der Waals surface area contributed by atoms with Gasteiger partial charge in [0.15, 0.2) is 0 Å². The summed E-state index contributed by atoms with van der Waals surface area (Å²) in [5.74, 6) is -0.681. The van der Waals surface area contributed by atoms with E-state index in [-0.39, 0.29) is 12.0 Å². The van der Waals surface area contributed by atoms with E-state index in [0.29, 0.717) is 21.3 Å². The Hall–Kier alpha value is -2.50. The molecule has 1 N–H and O–H groups in total. The van der Waals surface area contributed by atoms with Crippen molar-refractivity contribution in [2.75, 3.05) is 0 Å². The lowest BCUT2D eigenvalue weighted by atomic mass is 10.1. The van der Waals surface area contributed by atoms with Crippen molar-refractivity contribution >= 4 is 23.2 Å². The molecule has 0 saturated heterocycles. The van der Waals surface area contributed by atoms with Crippen LogP contribution in [-0.4, -0.2) is 9.55 Å². The summed E-state index contributed by atoms with van der Waals surface area (Å²) in [6.45, 7) is 1.77. The maximum Gasteiger partial charge on any atom is 0.332 e. The SMILES string of the molecule is Cc1ccccc1-n1c([O-])c(Cc2c(Cl)cccc2Cl)c(=O)[nH]c1=O. The molecule has 128 valence electrons. The third-order valence-electron chi connectivity index (χ3n) is 3.93. The maximum atomic E-state index is 12.8. The minimum Gasteiger partial charge on any atom is -0.859 e. The van der Waals surface area contributed by atoms with Crippen LogP contribution in [0.4, 0.5) is 0 Å². The summed E-state index contributed by atoms with van der Waals surface area (Å²) < 4.78 is 0.955. The van der Waals surface area contributed by atoms with Crippen molar-refractivity contribution in [1.82, 2.24) is 9.55 Å². The van der Waals surface area contributed by atoms with Gasteiger partial charge in [-0.15, -0.1) is 0 Å². The molecule has 0 atom stereocenters. The zero-order chi connectivity index (χ0) is 18.1. The van der Waals surface area contributed by atoms with Crippen LogP contribution in [0, 0.1) is 6.92 Å². The molecule has 0 aliphatic heterocycles. The third kappa shape index (κ3) is 3.21. The Balaban J connectivity index is 2.23. The van der Waals surface area contributed by atoms with Crippen LogP contribution in [0.25, 0.3) is 5.69 Å². The van der Waals surface area contributed by atoms with E-state index in [9.17, 15) is 14.7 Å². The molecule has 0 amide bonds. The molecule has 7 heteroatoms. The van der Waals surface area contributed by atoms with E-state index in [1.54, 1.807) is 49.4 Å². The van der Waals surface area contributed by atoms with Gasteiger partial charge in [0.1, 0.15) is 0 Å². The number of para-hydroxylation sites is 1. The quantitative estimate of drug-likeness (QED) is 0.764. The van der Waals surface area contributed by atoms with Crippen molar-refractivity contribution in [1.29, 1.82) is 0 Å². The molecule has 1 heterocycles. The second kappa shape index (κ2) is 6.78. The second-order valence-corrected chi connectivity index (χ2v) is 6.36. The highest BCUT2D eigenvalue weighted by atomic mass is 35.5. The van der Waals surface area contributed by atoms with Crippen LogP contribution in [0.5, 0.6) is 5.88 Å². The zero-order valence-electron chi connectivity index (χ0n) is 13.2. The molecule has 25 heavy (non-hydrogen) atoms. The van der Waals surface area contributed by atoms with Crippen LogP contribution < -0.4 is 16.4 Å². The lowest BCUT2D eigenvalue weighted by molar-refractivity contribution is -0.279. The molecule has 0 spiro atoms. The normalized spacial score (nSPS) is 10.8. The molecule has 0 aliphatic carbocycles. The number of nitrogens with one attached hydrogen (secondary N) is 1. The molecule has 0 bridgehead atoms. The average Bonchev–Trinajstić information content (AvgIpc) is 2.55. The summed E-state index contributed by atoms with van der Waals surface area (Å²) in [6.07, 6.45) is -0.0706. The van der Waals surface area contributed by atoms with E-state index in [2.05, 4.69) is 4.98 Å². The van der Waals surface area contributed by atoms with Crippen LogP contribution in [0.1, 0.15) is 16.7 Å². The highest BCUT2D eigenvalue weighted by molar-refractivity contribution is 6.36. The minimum absolute atomic E-state index is 0.0706. The Morgan fingerprint density at radius 1 is 1.00 bits per heavy atom. The fraction of sp³-hybridized carbons (Fsp3) is 0.111. The summed E-state index contributed by atoms with van der Waals surface area (Å²) in [6, 6.07) is 11.8. The van der Waals surface area contributed by atoms with Gasteiger partial charge in [-0.2, -0.15) is 0 Å². The topological polar surface area (TPSA) is 77.9 Å². The zero-order valence-corrected chi connectivity index (χ0v) is 14.7. The van der Waals surface area contributed by atoms with Gasteiger partial charge < -0.3 is 5.11 Å². The van der Waals surface area contributed by atoms with Gasteiger partial charge in [0.05, 0.1) is 5.69 Å². The first-order valence-electron chi connectivity index (χ1n) is 7.44. The van der Waals surface area contributed by atoms with Gasteiger partial charge in [-0.25, -0.2) is 4.79 Å². The van der Waals surface area contributed by atoms with Crippen molar-refractivity contribution in [3.63, 3.8) is 0 Å². The van der Waals surface area contributed by atoms with Crippen LogP contribution in [-0.2, 0) is 6.42 Å². The minimum atomic E-state index is -0.779. The first-order chi connectivity index (χ1) is 11.9. The van der Waals surface area contributed by atoms with Gasteiger partial charge >= 0.3 is 5.69 Å². The number of hydrogen-bond donors (Lipinski definition) is 1. The Morgan fingerprint density at radius 3 is 2.28 bits per heavy atom. The van der Waals surface area contributed by atoms with E-state index in [0.717, 1.165) is 10.1 Å². The summed E-state index contributed by atoms with van der Waals surface area (Å²) in [5.41, 5.74) is -0.00822. The van der Waals surface area contributed by atoms with E-state index in [1.165, 1.54) is 0 Å². The summed E-state index contributed by atoms with van der Waals surface area (Å²) in [5, 5.41) is 13.5. The van der Waals surface area contributed by atoms with Crippen LogP contribution in [0.3, 0.4) is 0 Å². The van der Waals surface area contributed by atoms with Gasteiger partial charge in [-0.1, -0.05) is 47.5 Å². The Morgan fingerprint density at radius 2 is 1.64 bits per heavy atom. The number of nitrogens with zero attached hydrogens (tertiary/aromatic N) is 1. The van der Waals surface area contributed by atoms with E-state index >= 15 is 0 Å². The molecule has 2 aromatic carbocycles. The summed E-state index contributed by atoms with van der Waals surface area (Å²) in [4.78, 5) is 26.6. The van der Waals surface area contributed by atoms with Crippen LogP contribution >= 0.6 is 23.2 Å². The highest BCUT2D eigenvalue weighted by Gasteiger charge is 2.14. The van der Waals surface area contributed by atoms with E-state index < -0.39 is 17.1 Å². The lowest BCUT2D eigenvalue weighted by Crippen LogP contribution is -2.34. The molecule has 0 unspecified atom stereocenters. The molecule has 1 aromatic heterocycles. The molecule has 3 aromatic rings. The molecule has 0 radical (unpaired) electrons. The predicted octanol–water partition coefficient (Wildman–Crippen LogP) is 2.81. The number of halogens is 2. The Bertz CT molecular complexity index is 1050. The largest absolute Gasteiger partial charge is 0.859 e. The number of aryl methyl sites for hydroxylation is 1. The smallest absolute Gasteiger partial charge is 0.332 e. The summed E-state index contributed by atoms with van der Waals surface area (Å²) >= 11 is 12.3. The van der Waals surface area contributed by atoms with Gasteiger partial charge in [-0.3, -0.25) is 14.3 Å². The highest BCUT2D eigenvalue weighted by Crippen LogP contribution is 2.28. The first kappa shape index (κ1) is 17.3. The number of benzene rings is 2. The molecule has 0 aliphatic rings. The number of H-pyrrole nitrogens is 1. The Kier molecular flexibility index (Phi) is 4.70. The number of aromatic nitrogens is 2. The van der Waals surface area contributed by atoms with Crippen molar-refractivity contribution in [2.45, 2.75) is 13.3 Å². The van der Waals surface area contributed by atoms with E-state index in [1.807, 2.05) is 0 Å². The van der Waals surface area contributed by atoms with E-state index in [4.69, 9.17) is 23.2 Å². The van der Waals surface area contributed by atoms with Gasteiger partial charge in [0.2, 0.25) is 0 Å². The van der Waals surface area contributed by atoms with Gasteiger partial charge in [0.25, 0.3) is 5.56 Å². The molecule has 5 nitrogen and oxygen atoms in total. The van der Waals surface area contributed by atoms with Gasteiger partial charge in [0, 0.05) is 22.0 Å². The fourth-order valence-electron chi connectivity index (χ4n) is 2.62.